The molecular formula is C16H12N2O2. The van der Waals surface area contributed by atoms with E-state index in [-0.39, 0.29) is 5.56 Å². The molecule has 4 nitrogen and oxygen atoms in total. The summed E-state index contributed by atoms with van der Waals surface area (Å²) in [6.45, 7) is 1.83. The number of aryl methyl sites for hydroxylation is 1. The van der Waals surface area contributed by atoms with E-state index in [1.165, 1.54) is 4.68 Å². The maximum absolute atomic E-state index is 12.5. The van der Waals surface area contributed by atoms with Crippen LogP contribution in [0.3, 0.4) is 0 Å². The van der Waals surface area contributed by atoms with Gasteiger partial charge in [0.2, 0.25) is 0 Å². The van der Waals surface area contributed by atoms with Gasteiger partial charge in [-0.3, -0.25) is 9.59 Å². The first-order chi connectivity index (χ1) is 9.72. The molecule has 0 aliphatic rings. The molecule has 0 N–H and O–H groups in total. The van der Waals surface area contributed by atoms with Gasteiger partial charge in [-0.15, -0.1) is 0 Å². The standard InChI is InChI=1S/C16H12N2O2/c1-11-5-4-8-15(14(11)10-19)18-16(20)13-7-3-2-6-12(13)9-17-18/h2-10H,1H3. The lowest BCUT2D eigenvalue weighted by atomic mass is 10.1. The average molecular weight is 264 g/mol. The first-order valence-corrected chi connectivity index (χ1v) is 6.24. The summed E-state index contributed by atoms with van der Waals surface area (Å²) in [5.41, 5.74) is 1.59. The number of aldehydes is 1. The number of carbonyl (C=O) groups excluding carboxylic acids is 1. The van der Waals surface area contributed by atoms with Gasteiger partial charge in [-0.2, -0.15) is 9.78 Å². The molecule has 0 fully saturated rings. The summed E-state index contributed by atoms with van der Waals surface area (Å²) in [7, 11) is 0. The largest absolute Gasteiger partial charge is 0.298 e. The van der Waals surface area contributed by atoms with E-state index in [1.807, 2.05) is 31.2 Å². The third kappa shape index (κ3) is 1.82. The van der Waals surface area contributed by atoms with Gasteiger partial charge >= 0.3 is 0 Å². The number of fused-ring (bicyclic) bond motifs is 1. The highest BCUT2D eigenvalue weighted by atomic mass is 16.1. The van der Waals surface area contributed by atoms with Crippen LogP contribution in [0.2, 0.25) is 0 Å². The molecule has 0 radical (unpaired) electrons. The van der Waals surface area contributed by atoms with Gasteiger partial charge in [0.25, 0.3) is 5.56 Å². The number of hydrogen-bond donors (Lipinski definition) is 0. The summed E-state index contributed by atoms with van der Waals surface area (Å²) < 4.78 is 1.28. The van der Waals surface area contributed by atoms with Crippen molar-refractivity contribution in [3.05, 3.63) is 70.1 Å². The number of aromatic nitrogens is 2. The fourth-order valence-electron chi connectivity index (χ4n) is 2.27. The van der Waals surface area contributed by atoms with Crippen LogP contribution in [0.4, 0.5) is 0 Å². The van der Waals surface area contributed by atoms with E-state index in [1.54, 1.807) is 24.4 Å². The number of hydrogen-bond acceptors (Lipinski definition) is 3. The summed E-state index contributed by atoms with van der Waals surface area (Å²) in [5.74, 6) is 0. The van der Waals surface area contributed by atoms with Crippen LogP contribution in [0.15, 0.2) is 53.5 Å². The maximum Gasteiger partial charge on any atom is 0.279 e. The van der Waals surface area contributed by atoms with Crippen LogP contribution >= 0.6 is 0 Å². The highest BCUT2D eigenvalue weighted by molar-refractivity contribution is 5.84. The van der Waals surface area contributed by atoms with Gasteiger partial charge in [-0.05, 0) is 24.6 Å². The third-order valence-corrected chi connectivity index (χ3v) is 3.34. The molecule has 3 rings (SSSR count). The van der Waals surface area contributed by atoms with Crippen molar-refractivity contribution >= 4 is 17.1 Å². The highest BCUT2D eigenvalue weighted by Crippen LogP contribution is 2.16. The van der Waals surface area contributed by atoms with Gasteiger partial charge in [-0.25, -0.2) is 0 Å². The first kappa shape index (κ1) is 12.3. The van der Waals surface area contributed by atoms with E-state index >= 15 is 0 Å². The van der Waals surface area contributed by atoms with Crippen LogP contribution in [0, 0.1) is 6.92 Å². The topological polar surface area (TPSA) is 52.0 Å². The van der Waals surface area contributed by atoms with E-state index in [4.69, 9.17) is 0 Å². The number of benzene rings is 2. The normalized spacial score (nSPS) is 10.7. The van der Waals surface area contributed by atoms with Gasteiger partial charge in [0.05, 0.1) is 17.3 Å². The predicted molar refractivity (Wildman–Crippen MR) is 77.5 cm³/mol. The van der Waals surface area contributed by atoms with Crippen LogP contribution in [0.1, 0.15) is 15.9 Å². The fourth-order valence-corrected chi connectivity index (χ4v) is 2.27. The summed E-state index contributed by atoms with van der Waals surface area (Å²) in [6, 6.07) is 12.6. The molecule has 0 atom stereocenters. The van der Waals surface area contributed by atoms with Crippen LogP contribution in [-0.4, -0.2) is 16.1 Å². The van der Waals surface area contributed by atoms with Crippen LogP contribution in [-0.2, 0) is 0 Å². The van der Waals surface area contributed by atoms with E-state index in [0.29, 0.717) is 16.6 Å². The molecule has 1 aromatic heterocycles. The van der Waals surface area contributed by atoms with Crippen LogP contribution in [0.5, 0.6) is 0 Å². The van der Waals surface area contributed by atoms with Crippen molar-refractivity contribution in [2.45, 2.75) is 6.92 Å². The van der Waals surface area contributed by atoms with Crippen molar-refractivity contribution < 1.29 is 4.79 Å². The van der Waals surface area contributed by atoms with E-state index in [9.17, 15) is 9.59 Å². The molecule has 4 heteroatoms. The lowest BCUT2D eigenvalue weighted by Gasteiger charge is -2.09. The lowest BCUT2D eigenvalue weighted by molar-refractivity contribution is 0.112. The number of nitrogens with zero attached hydrogens (tertiary/aromatic N) is 2. The van der Waals surface area contributed by atoms with E-state index in [0.717, 1.165) is 17.2 Å². The summed E-state index contributed by atoms with van der Waals surface area (Å²) >= 11 is 0. The Labute approximate surface area is 115 Å². The van der Waals surface area contributed by atoms with Gasteiger partial charge in [-0.1, -0.05) is 30.3 Å². The fraction of sp³-hybridized carbons (Fsp3) is 0.0625. The third-order valence-electron chi connectivity index (χ3n) is 3.34. The minimum Gasteiger partial charge on any atom is -0.298 e. The van der Waals surface area contributed by atoms with Crippen molar-refractivity contribution in [2.24, 2.45) is 0 Å². The lowest BCUT2D eigenvalue weighted by Crippen LogP contribution is -2.22. The van der Waals surface area contributed by atoms with Crippen molar-refractivity contribution in [1.82, 2.24) is 9.78 Å². The minimum atomic E-state index is -0.225. The minimum absolute atomic E-state index is 0.225. The van der Waals surface area contributed by atoms with Crippen molar-refractivity contribution in [1.29, 1.82) is 0 Å². The molecule has 98 valence electrons. The van der Waals surface area contributed by atoms with Gasteiger partial charge in [0.1, 0.15) is 0 Å². The molecule has 20 heavy (non-hydrogen) atoms. The molecule has 0 unspecified atom stereocenters. The van der Waals surface area contributed by atoms with Gasteiger partial charge < -0.3 is 0 Å². The number of rotatable bonds is 2. The molecule has 0 aliphatic carbocycles. The van der Waals surface area contributed by atoms with Crippen molar-refractivity contribution in [3.8, 4) is 5.69 Å². The van der Waals surface area contributed by atoms with Crippen LogP contribution in [0.25, 0.3) is 16.5 Å². The second-order valence-electron chi connectivity index (χ2n) is 4.57. The monoisotopic (exact) mass is 264 g/mol. The molecule has 1 heterocycles. The zero-order chi connectivity index (χ0) is 14.1. The Bertz CT molecular complexity index is 866. The Morgan fingerprint density at radius 3 is 2.70 bits per heavy atom. The number of carbonyl (C=O) groups is 1. The molecule has 0 saturated heterocycles. The Morgan fingerprint density at radius 2 is 1.90 bits per heavy atom. The SMILES string of the molecule is Cc1cccc(-n2ncc3ccccc3c2=O)c1C=O. The zero-order valence-corrected chi connectivity index (χ0v) is 10.9. The molecule has 0 spiro atoms. The average Bonchev–Trinajstić information content (AvgIpc) is 2.48. The van der Waals surface area contributed by atoms with Gasteiger partial charge in [0.15, 0.2) is 6.29 Å². The molecule has 0 saturated carbocycles. The molecule has 2 aromatic carbocycles. The predicted octanol–water partition coefficient (Wildman–Crippen LogP) is 2.51. The molecule has 0 aliphatic heterocycles. The second kappa shape index (κ2) is 4.74. The Kier molecular flexibility index (Phi) is 2.91. The van der Waals surface area contributed by atoms with Crippen molar-refractivity contribution in [2.75, 3.05) is 0 Å². The molecular weight excluding hydrogens is 252 g/mol. The molecule has 3 aromatic rings. The smallest absolute Gasteiger partial charge is 0.279 e. The van der Waals surface area contributed by atoms with Gasteiger partial charge in [0, 0.05) is 10.9 Å². The summed E-state index contributed by atoms with van der Waals surface area (Å²) in [6.07, 6.45) is 2.39. The van der Waals surface area contributed by atoms with Crippen LogP contribution < -0.4 is 5.56 Å². The van der Waals surface area contributed by atoms with E-state index in [2.05, 4.69) is 5.10 Å². The summed E-state index contributed by atoms with van der Waals surface area (Å²) in [5, 5.41) is 5.54. The highest BCUT2D eigenvalue weighted by Gasteiger charge is 2.10. The zero-order valence-electron chi connectivity index (χ0n) is 10.9. The molecule has 0 amide bonds. The first-order valence-electron chi connectivity index (χ1n) is 6.24. The van der Waals surface area contributed by atoms with E-state index < -0.39 is 0 Å². The quantitative estimate of drug-likeness (QED) is 0.668. The molecule has 0 bridgehead atoms. The Hall–Kier alpha value is -2.75. The maximum atomic E-state index is 12.5. The summed E-state index contributed by atoms with van der Waals surface area (Å²) in [4.78, 5) is 23.7. The second-order valence-corrected chi connectivity index (χ2v) is 4.57. The Morgan fingerprint density at radius 1 is 1.10 bits per heavy atom. The Balaban J connectivity index is 2.36. The van der Waals surface area contributed by atoms with Crippen molar-refractivity contribution in [3.63, 3.8) is 0 Å².